The van der Waals surface area contributed by atoms with Crippen LogP contribution in [0.1, 0.15) is 40.2 Å². The van der Waals surface area contributed by atoms with Gasteiger partial charge in [0.2, 0.25) is 5.91 Å². The number of halogens is 1. The highest BCUT2D eigenvalue weighted by molar-refractivity contribution is 7.91. The molecule has 0 saturated heterocycles. The fourth-order valence-electron chi connectivity index (χ4n) is 1.35. The van der Waals surface area contributed by atoms with E-state index in [9.17, 15) is 13.7 Å². The van der Waals surface area contributed by atoms with Crippen LogP contribution < -0.4 is 5.32 Å². The summed E-state index contributed by atoms with van der Waals surface area (Å²) in [5.41, 5.74) is 1.15. The highest BCUT2D eigenvalue weighted by Crippen LogP contribution is 2.20. The number of rotatable bonds is 3. The zero-order chi connectivity index (χ0) is 15.5. The van der Waals surface area contributed by atoms with Gasteiger partial charge in [-0.25, -0.2) is 4.39 Å². The van der Waals surface area contributed by atoms with Crippen LogP contribution in [0, 0.1) is 5.82 Å². The SMILES string of the molecule is CC(=O)Nc1ccc(C(C)=N[S@@+]([O-])C(C)(C)C)cc1F. The number of benzene rings is 1. The van der Waals surface area contributed by atoms with Crippen molar-refractivity contribution in [3.8, 4) is 0 Å². The Morgan fingerprint density at radius 2 is 1.95 bits per heavy atom. The average Bonchev–Trinajstić information content (AvgIpc) is 2.29. The molecule has 1 rings (SSSR count). The van der Waals surface area contributed by atoms with E-state index in [1.165, 1.54) is 19.1 Å². The number of nitrogens with zero attached hydrogens (tertiary/aromatic N) is 1. The van der Waals surface area contributed by atoms with Crippen LogP contribution in [-0.2, 0) is 16.2 Å². The van der Waals surface area contributed by atoms with E-state index in [4.69, 9.17) is 0 Å². The molecule has 1 amide bonds. The molecule has 0 aromatic heterocycles. The topological polar surface area (TPSA) is 64.5 Å². The van der Waals surface area contributed by atoms with Crippen LogP contribution >= 0.6 is 0 Å². The molecule has 0 spiro atoms. The fourth-order valence-corrected chi connectivity index (χ4v) is 1.97. The molecule has 0 radical (unpaired) electrons. The molecule has 20 heavy (non-hydrogen) atoms. The van der Waals surface area contributed by atoms with E-state index in [2.05, 4.69) is 9.71 Å². The second kappa shape index (κ2) is 6.37. The Kier molecular flexibility index (Phi) is 5.30. The molecule has 4 nitrogen and oxygen atoms in total. The van der Waals surface area contributed by atoms with Crippen molar-refractivity contribution in [3.63, 3.8) is 0 Å². The van der Waals surface area contributed by atoms with Crippen molar-refractivity contribution in [2.45, 2.75) is 39.4 Å². The Hall–Kier alpha value is -1.40. The minimum Gasteiger partial charge on any atom is -0.591 e. The lowest BCUT2D eigenvalue weighted by Gasteiger charge is -2.18. The standard InChI is InChI=1S/C14H19FN2O2S/c1-9(17-20(19)14(3,4)5)11-6-7-13(12(15)8-11)16-10(2)18/h6-8H,1-5H3,(H,16,18)/t20-/m0/s1. The highest BCUT2D eigenvalue weighted by Gasteiger charge is 2.26. The van der Waals surface area contributed by atoms with Gasteiger partial charge in [-0.15, -0.1) is 0 Å². The third-order valence-corrected chi connectivity index (χ3v) is 3.93. The molecule has 1 aromatic rings. The van der Waals surface area contributed by atoms with Crippen LogP contribution in [0.3, 0.4) is 0 Å². The quantitative estimate of drug-likeness (QED) is 0.688. The summed E-state index contributed by atoms with van der Waals surface area (Å²) in [4.78, 5) is 10.9. The van der Waals surface area contributed by atoms with Crippen LogP contribution in [0.4, 0.5) is 10.1 Å². The largest absolute Gasteiger partial charge is 0.591 e. The van der Waals surface area contributed by atoms with Crippen molar-refractivity contribution in [1.29, 1.82) is 0 Å². The third kappa shape index (κ3) is 4.61. The summed E-state index contributed by atoms with van der Waals surface area (Å²) in [5.74, 6) is -0.885. The lowest BCUT2D eigenvalue weighted by Crippen LogP contribution is -2.26. The van der Waals surface area contributed by atoms with Crippen LogP contribution in [0.15, 0.2) is 22.6 Å². The molecule has 1 atom stereocenters. The first-order valence-corrected chi connectivity index (χ1v) is 7.26. The molecule has 6 heteroatoms. The van der Waals surface area contributed by atoms with E-state index in [0.717, 1.165) is 0 Å². The first-order chi connectivity index (χ1) is 9.11. The molecule has 110 valence electrons. The van der Waals surface area contributed by atoms with Gasteiger partial charge in [0, 0.05) is 12.5 Å². The van der Waals surface area contributed by atoms with Gasteiger partial charge in [-0.3, -0.25) is 4.79 Å². The molecular formula is C14H19FN2O2S. The number of hydrogen-bond acceptors (Lipinski definition) is 3. The van der Waals surface area contributed by atoms with Crippen molar-refractivity contribution >= 4 is 28.7 Å². The third-order valence-electron chi connectivity index (χ3n) is 2.44. The molecule has 0 bridgehead atoms. The first-order valence-electron chi connectivity index (χ1n) is 6.16. The molecule has 0 heterocycles. The first kappa shape index (κ1) is 16.7. The molecule has 0 unspecified atom stereocenters. The number of anilines is 1. The molecule has 0 fully saturated rings. The Labute approximate surface area is 121 Å². The van der Waals surface area contributed by atoms with Gasteiger partial charge in [0.05, 0.1) is 11.4 Å². The number of hydrogen-bond donors (Lipinski definition) is 1. The minimum absolute atomic E-state index is 0.117. The van der Waals surface area contributed by atoms with Crippen molar-refractivity contribution in [2.24, 2.45) is 4.40 Å². The molecule has 0 aliphatic heterocycles. The average molecular weight is 298 g/mol. The summed E-state index contributed by atoms with van der Waals surface area (Å²) in [6, 6.07) is 4.36. The molecule has 0 aliphatic carbocycles. The van der Waals surface area contributed by atoms with Gasteiger partial charge in [-0.2, -0.15) is 0 Å². The fraction of sp³-hybridized carbons (Fsp3) is 0.429. The second-order valence-electron chi connectivity index (χ2n) is 5.41. The van der Waals surface area contributed by atoms with Crippen LogP contribution in [-0.4, -0.2) is 20.9 Å². The van der Waals surface area contributed by atoms with Gasteiger partial charge in [-0.1, -0.05) is 10.5 Å². The van der Waals surface area contributed by atoms with Crippen LogP contribution in [0.2, 0.25) is 0 Å². The van der Waals surface area contributed by atoms with Crippen molar-refractivity contribution < 1.29 is 13.7 Å². The normalized spacial score (nSPS) is 14.1. The zero-order valence-corrected chi connectivity index (χ0v) is 13.1. The maximum Gasteiger partial charge on any atom is 0.221 e. The summed E-state index contributed by atoms with van der Waals surface area (Å²) in [6.45, 7) is 8.45. The van der Waals surface area contributed by atoms with Crippen molar-refractivity contribution in [3.05, 3.63) is 29.6 Å². The van der Waals surface area contributed by atoms with E-state index < -0.39 is 21.9 Å². The molecule has 1 N–H and O–H groups in total. The predicted octanol–water partition coefficient (Wildman–Crippen LogP) is 3.06. The van der Waals surface area contributed by atoms with E-state index in [-0.39, 0.29) is 11.6 Å². The van der Waals surface area contributed by atoms with Crippen LogP contribution in [0.25, 0.3) is 0 Å². The lowest BCUT2D eigenvalue weighted by atomic mass is 10.1. The van der Waals surface area contributed by atoms with E-state index >= 15 is 0 Å². The molecule has 0 aliphatic rings. The van der Waals surface area contributed by atoms with E-state index in [1.807, 2.05) is 20.8 Å². The van der Waals surface area contributed by atoms with Crippen molar-refractivity contribution in [2.75, 3.05) is 5.32 Å². The summed E-state index contributed by atoms with van der Waals surface area (Å²) >= 11 is -1.39. The Morgan fingerprint density at radius 3 is 2.40 bits per heavy atom. The number of carbonyl (C=O) groups excluding carboxylic acids is 1. The summed E-state index contributed by atoms with van der Waals surface area (Å²) in [7, 11) is 0. The maximum atomic E-state index is 13.8. The van der Waals surface area contributed by atoms with Gasteiger partial charge in [-0.05, 0) is 39.8 Å². The Morgan fingerprint density at radius 1 is 1.35 bits per heavy atom. The van der Waals surface area contributed by atoms with Gasteiger partial charge in [0.1, 0.15) is 21.9 Å². The van der Waals surface area contributed by atoms with E-state index in [1.54, 1.807) is 13.0 Å². The number of carbonyl (C=O) groups is 1. The Bertz CT molecular complexity index is 538. The van der Waals surface area contributed by atoms with Gasteiger partial charge >= 0.3 is 0 Å². The van der Waals surface area contributed by atoms with Gasteiger partial charge in [0.15, 0.2) is 0 Å². The second-order valence-corrected chi connectivity index (χ2v) is 7.32. The van der Waals surface area contributed by atoms with Gasteiger partial charge < -0.3 is 9.87 Å². The summed E-state index contributed by atoms with van der Waals surface area (Å²) in [5, 5.41) is 2.39. The van der Waals surface area contributed by atoms with Crippen LogP contribution in [0.5, 0.6) is 0 Å². The number of nitrogens with one attached hydrogen (secondary N) is 1. The number of amides is 1. The predicted molar refractivity (Wildman–Crippen MR) is 80.8 cm³/mol. The van der Waals surface area contributed by atoms with E-state index in [0.29, 0.717) is 11.3 Å². The monoisotopic (exact) mass is 298 g/mol. The maximum absolute atomic E-state index is 13.8. The minimum atomic E-state index is -1.39. The summed E-state index contributed by atoms with van der Waals surface area (Å²) in [6.07, 6.45) is 0. The summed E-state index contributed by atoms with van der Waals surface area (Å²) < 4.78 is 29.3. The molecule has 1 aromatic carbocycles. The molecular weight excluding hydrogens is 279 g/mol. The lowest BCUT2D eigenvalue weighted by molar-refractivity contribution is -0.114. The Balaban J connectivity index is 3.01. The van der Waals surface area contributed by atoms with Gasteiger partial charge in [0.25, 0.3) is 0 Å². The smallest absolute Gasteiger partial charge is 0.221 e. The molecule has 0 saturated carbocycles. The van der Waals surface area contributed by atoms with Crippen molar-refractivity contribution in [1.82, 2.24) is 0 Å². The highest BCUT2D eigenvalue weighted by atomic mass is 32.2. The zero-order valence-electron chi connectivity index (χ0n) is 12.3.